The van der Waals surface area contributed by atoms with Gasteiger partial charge in [-0.15, -0.1) is 0 Å². The first-order valence-corrected chi connectivity index (χ1v) is 4.76. The summed E-state index contributed by atoms with van der Waals surface area (Å²) in [6, 6.07) is 0. The van der Waals surface area contributed by atoms with Gasteiger partial charge in [0.25, 0.3) is 0 Å². The summed E-state index contributed by atoms with van der Waals surface area (Å²) in [5.41, 5.74) is 5.42. The summed E-state index contributed by atoms with van der Waals surface area (Å²) < 4.78 is 0. The van der Waals surface area contributed by atoms with Gasteiger partial charge in [-0.25, -0.2) is 0 Å². The number of hydrogen-bond acceptors (Lipinski definition) is 2. The Morgan fingerprint density at radius 1 is 1.69 bits per heavy atom. The van der Waals surface area contributed by atoms with Crippen molar-refractivity contribution >= 4 is 11.7 Å². The largest absolute Gasteiger partial charge is 0.387 e. The lowest BCUT2D eigenvalue weighted by Gasteiger charge is -2.31. The number of amidine groups is 1. The molecule has 0 saturated carbocycles. The maximum Gasteiger partial charge on any atom is 0.222 e. The number of amides is 1. The molecule has 0 spiro atoms. The van der Waals surface area contributed by atoms with Gasteiger partial charge in [0, 0.05) is 25.4 Å². The third-order valence-electron chi connectivity index (χ3n) is 2.52. The van der Waals surface area contributed by atoms with Crippen molar-refractivity contribution in [3.63, 3.8) is 0 Å². The SMILES string of the molecule is CCC(=O)N1CCC[C@@H](C(=N)N)C1. The third-order valence-corrected chi connectivity index (χ3v) is 2.52. The highest BCUT2D eigenvalue weighted by Gasteiger charge is 2.24. The van der Waals surface area contributed by atoms with Gasteiger partial charge in [-0.3, -0.25) is 10.2 Å². The predicted octanol–water partition coefficient (Wildman–Crippen LogP) is 0.571. The molecular formula is C9H17N3O. The lowest BCUT2D eigenvalue weighted by molar-refractivity contribution is -0.132. The Morgan fingerprint density at radius 3 is 2.92 bits per heavy atom. The van der Waals surface area contributed by atoms with E-state index >= 15 is 0 Å². The van der Waals surface area contributed by atoms with E-state index in [1.54, 1.807) is 0 Å². The van der Waals surface area contributed by atoms with Gasteiger partial charge in [-0.1, -0.05) is 6.92 Å². The van der Waals surface area contributed by atoms with E-state index in [1.165, 1.54) is 0 Å². The maximum atomic E-state index is 11.3. The van der Waals surface area contributed by atoms with Crippen molar-refractivity contribution < 1.29 is 4.79 Å². The van der Waals surface area contributed by atoms with Crippen molar-refractivity contribution in [1.29, 1.82) is 5.41 Å². The summed E-state index contributed by atoms with van der Waals surface area (Å²) in [4.78, 5) is 13.2. The highest BCUT2D eigenvalue weighted by molar-refractivity contribution is 5.81. The van der Waals surface area contributed by atoms with Crippen molar-refractivity contribution in [1.82, 2.24) is 4.90 Å². The third kappa shape index (κ3) is 2.44. The van der Waals surface area contributed by atoms with Crippen LogP contribution in [0.25, 0.3) is 0 Å². The predicted molar refractivity (Wildman–Crippen MR) is 51.5 cm³/mol. The zero-order valence-corrected chi connectivity index (χ0v) is 8.05. The molecule has 1 fully saturated rings. The molecule has 0 aromatic rings. The number of nitrogens with one attached hydrogen (secondary N) is 1. The Labute approximate surface area is 78.6 Å². The second kappa shape index (κ2) is 4.25. The Kier molecular flexibility index (Phi) is 3.28. The normalized spacial score (nSPS) is 22.8. The lowest BCUT2D eigenvalue weighted by atomic mass is 9.97. The quantitative estimate of drug-likeness (QED) is 0.485. The standard InChI is InChI=1S/C9H17N3O/c1-2-8(13)12-5-3-4-7(6-12)9(10)11/h7H,2-6H2,1H3,(H3,10,11)/t7-/m1/s1. The van der Waals surface area contributed by atoms with Gasteiger partial charge in [0.15, 0.2) is 0 Å². The van der Waals surface area contributed by atoms with E-state index in [9.17, 15) is 4.79 Å². The smallest absolute Gasteiger partial charge is 0.222 e. The van der Waals surface area contributed by atoms with Gasteiger partial charge >= 0.3 is 0 Å². The van der Waals surface area contributed by atoms with Crippen LogP contribution < -0.4 is 5.73 Å². The fraction of sp³-hybridized carbons (Fsp3) is 0.778. The second-order valence-electron chi connectivity index (χ2n) is 3.49. The highest BCUT2D eigenvalue weighted by Crippen LogP contribution is 2.16. The van der Waals surface area contributed by atoms with Crippen LogP contribution >= 0.6 is 0 Å². The number of piperidine rings is 1. The number of carbonyl (C=O) groups excluding carboxylic acids is 1. The zero-order valence-electron chi connectivity index (χ0n) is 8.05. The average molecular weight is 183 g/mol. The minimum Gasteiger partial charge on any atom is -0.387 e. The van der Waals surface area contributed by atoms with E-state index in [0.29, 0.717) is 13.0 Å². The molecule has 4 heteroatoms. The molecule has 0 aliphatic carbocycles. The Balaban J connectivity index is 2.51. The number of nitrogens with two attached hydrogens (primary N) is 1. The summed E-state index contributed by atoms with van der Waals surface area (Å²) in [5.74, 6) is 0.476. The van der Waals surface area contributed by atoms with Gasteiger partial charge < -0.3 is 10.6 Å². The molecule has 0 bridgehead atoms. The van der Waals surface area contributed by atoms with Crippen molar-refractivity contribution in [2.75, 3.05) is 13.1 Å². The van der Waals surface area contributed by atoms with Crippen LogP contribution in [0.2, 0.25) is 0 Å². The Hall–Kier alpha value is -1.06. The molecule has 1 atom stereocenters. The molecular weight excluding hydrogens is 166 g/mol. The topological polar surface area (TPSA) is 70.2 Å². The van der Waals surface area contributed by atoms with Crippen LogP contribution in [0, 0.1) is 11.3 Å². The summed E-state index contributed by atoms with van der Waals surface area (Å²) in [7, 11) is 0. The minimum atomic E-state index is 0.0873. The minimum absolute atomic E-state index is 0.0873. The number of hydrogen-bond donors (Lipinski definition) is 2. The van der Waals surface area contributed by atoms with E-state index in [1.807, 2.05) is 11.8 Å². The molecule has 1 aliphatic heterocycles. The van der Waals surface area contributed by atoms with Crippen LogP contribution in [0.4, 0.5) is 0 Å². The summed E-state index contributed by atoms with van der Waals surface area (Å²) in [6.45, 7) is 3.33. The van der Waals surface area contributed by atoms with Crippen molar-refractivity contribution in [2.24, 2.45) is 11.7 Å². The van der Waals surface area contributed by atoms with Gasteiger partial charge in [-0.05, 0) is 12.8 Å². The molecule has 0 unspecified atom stereocenters. The molecule has 0 radical (unpaired) electrons. The number of carbonyl (C=O) groups is 1. The van der Waals surface area contributed by atoms with Crippen molar-refractivity contribution in [3.05, 3.63) is 0 Å². The molecule has 74 valence electrons. The molecule has 1 heterocycles. The highest BCUT2D eigenvalue weighted by atomic mass is 16.2. The van der Waals surface area contributed by atoms with E-state index < -0.39 is 0 Å². The van der Waals surface area contributed by atoms with Crippen molar-refractivity contribution in [2.45, 2.75) is 26.2 Å². The monoisotopic (exact) mass is 183 g/mol. The molecule has 0 aromatic carbocycles. The van der Waals surface area contributed by atoms with Crippen LogP contribution in [0.3, 0.4) is 0 Å². The maximum absolute atomic E-state index is 11.3. The fourth-order valence-corrected chi connectivity index (χ4v) is 1.68. The Bertz CT molecular complexity index is 215. The molecule has 3 N–H and O–H groups in total. The van der Waals surface area contributed by atoms with Crippen LogP contribution in [0.15, 0.2) is 0 Å². The van der Waals surface area contributed by atoms with E-state index in [0.717, 1.165) is 19.4 Å². The first kappa shape index (κ1) is 10.0. The second-order valence-corrected chi connectivity index (χ2v) is 3.49. The molecule has 13 heavy (non-hydrogen) atoms. The molecule has 1 saturated heterocycles. The van der Waals surface area contributed by atoms with Crippen LogP contribution in [-0.4, -0.2) is 29.7 Å². The molecule has 0 aromatic heterocycles. The van der Waals surface area contributed by atoms with Gasteiger partial charge in [-0.2, -0.15) is 0 Å². The molecule has 4 nitrogen and oxygen atoms in total. The van der Waals surface area contributed by atoms with Gasteiger partial charge in [0.1, 0.15) is 0 Å². The van der Waals surface area contributed by atoms with Crippen LogP contribution in [-0.2, 0) is 4.79 Å². The van der Waals surface area contributed by atoms with Crippen molar-refractivity contribution in [3.8, 4) is 0 Å². The van der Waals surface area contributed by atoms with Gasteiger partial charge in [0.05, 0.1) is 5.84 Å². The van der Waals surface area contributed by atoms with Crippen LogP contribution in [0.5, 0.6) is 0 Å². The molecule has 1 rings (SSSR count). The molecule has 1 aliphatic rings. The zero-order chi connectivity index (χ0) is 9.84. The lowest BCUT2D eigenvalue weighted by Crippen LogP contribution is -2.43. The molecule has 1 amide bonds. The van der Waals surface area contributed by atoms with E-state index in [4.69, 9.17) is 11.1 Å². The summed E-state index contributed by atoms with van der Waals surface area (Å²) >= 11 is 0. The van der Waals surface area contributed by atoms with E-state index in [-0.39, 0.29) is 17.7 Å². The number of likely N-dealkylation sites (tertiary alicyclic amines) is 1. The van der Waals surface area contributed by atoms with E-state index in [2.05, 4.69) is 0 Å². The summed E-state index contributed by atoms with van der Waals surface area (Å²) in [5, 5.41) is 7.32. The van der Waals surface area contributed by atoms with Gasteiger partial charge in [0.2, 0.25) is 5.91 Å². The number of rotatable bonds is 2. The fourth-order valence-electron chi connectivity index (χ4n) is 1.68. The number of nitrogens with zero attached hydrogens (tertiary/aromatic N) is 1. The summed E-state index contributed by atoms with van der Waals surface area (Å²) in [6.07, 6.45) is 2.46. The first-order valence-electron chi connectivity index (χ1n) is 4.76. The average Bonchev–Trinajstić information content (AvgIpc) is 2.17. The van der Waals surface area contributed by atoms with Crippen LogP contribution in [0.1, 0.15) is 26.2 Å². The Morgan fingerprint density at radius 2 is 2.38 bits per heavy atom. The first-order chi connectivity index (χ1) is 6.15.